The number of anilines is 1. The minimum atomic E-state index is -0.496. The van der Waals surface area contributed by atoms with Crippen molar-refractivity contribution in [3.63, 3.8) is 0 Å². The second-order valence-electron chi connectivity index (χ2n) is 6.06. The largest absolute Gasteiger partial charge is 0.297 e. The predicted octanol–water partition coefficient (Wildman–Crippen LogP) is 5.89. The molecule has 3 aromatic rings. The first-order valence-corrected chi connectivity index (χ1v) is 9.91. The van der Waals surface area contributed by atoms with Crippen molar-refractivity contribution in [2.75, 3.05) is 5.32 Å². The molecule has 4 nitrogen and oxygen atoms in total. The molecule has 0 aliphatic heterocycles. The van der Waals surface area contributed by atoms with Gasteiger partial charge in [0.15, 0.2) is 5.13 Å². The molecule has 0 bridgehead atoms. The number of hydrogen-bond donors (Lipinski definition) is 1. The molecule has 0 fully saturated rings. The molecule has 3 rings (SSSR count). The van der Waals surface area contributed by atoms with Gasteiger partial charge in [0.05, 0.1) is 10.0 Å². The van der Waals surface area contributed by atoms with Crippen LogP contribution in [-0.4, -0.2) is 10.9 Å². The number of aromatic nitrogens is 1. The van der Waals surface area contributed by atoms with Gasteiger partial charge in [-0.3, -0.25) is 10.1 Å². The zero-order chi connectivity index (χ0) is 20.1. The van der Waals surface area contributed by atoms with E-state index in [1.165, 1.54) is 11.3 Å². The van der Waals surface area contributed by atoms with Crippen LogP contribution in [0.3, 0.4) is 0 Å². The van der Waals surface area contributed by atoms with Gasteiger partial charge in [-0.05, 0) is 30.2 Å². The normalized spacial score (nSPS) is 11.1. The zero-order valence-electron chi connectivity index (χ0n) is 14.9. The fourth-order valence-electron chi connectivity index (χ4n) is 2.46. The first kappa shape index (κ1) is 20.1. The number of hydrogen-bond acceptors (Lipinski definition) is 4. The van der Waals surface area contributed by atoms with Crippen LogP contribution in [0, 0.1) is 18.3 Å². The summed E-state index contributed by atoms with van der Waals surface area (Å²) in [5.74, 6) is -0.496. The summed E-state index contributed by atoms with van der Waals surface area (Å²) >= 11 is 13.6. The van der Waals surface area contributed by atoms with E-state index in [2.05, 4.69) is 10.3 Å². The average molecular weight is 428 g/mol. The summed E-state index contributed by atoms with van der Waals surface area (Å²) < 4.78 is 0. The Labute approximate surface area is 177 Å². The van der Waals surface area contributed by atoms with Crippen molar-refractivity contribution < 1.29 is 4.79 Å². The van der Waals surface area contributed by atoms with Gasteiger partial charge in [0.1, 0.15) is 11.6 Å². The molecule has 1 amide bonds. The Morgan fingerprint density at radius 3 is 2.71 bits per heavy atom. The van der Waals surface area contributed by atoms with E-state index in [0.717, 1.165) is 21.6 Å². The summed E-state index contributed by atoms with van der Waals surface area (Å²) in [6, 6.07) is 15.0. The summed E-state index contributed by atoms with van der Waals surface area (Å²) in [6.45, 7) is 1.97. The highest BCUT2D eigenvalue weighted by atomic mass is 35.5. The standard InChI is InChI=1S/C21H15Cl2N3OS/c1-13-5-7-14(8-6-13)9-16(11-24)20(27)26-21-25-12-17(28-21)10-15-3-2-4-18(22)19(15)23/h2-9,12H,10H2,1H3,(H,25,26,27)/b16-9+. The Balaban J connectivity index is 1.71. The molecule has 28 heavy (non-hydrogen) atoms. The number of carbonyl (C=O) groups is 1. The molecule has 2 aromatic carbocycles. The number of nitrogens with one attached hydrogen (secondary N) is 1. The van der Waals surface area contributed by atoms with E-state index in [-0.39, 0.29) is 5.57 Å². The minimum Gasteiger partial charge on any atom is -0.297 e. The number of benzene rings is 2. The van der Waals surface area contributed by atoms with E-state index in [4.69, 9.17) is 23.2 Å². The van der Waals surface area contributed by atoms with Crippen LogP contribution in [0.4, 0.5) is 5.13 Å². The molecule has 0 spiro atoms. The summed E-state index contributed by atoms with van der Waals surface area (Å²) in [4.78, 5) is 17.5. The minimum absolute atomic E-state index is 0.0125. The van der Waals surface area contributed by atoms with Gasteiger partial charge in [0.2, 0.25) is 0 Å². The summed E-state index contributed by atoms with van der Waals surface area (Å²) in [5.41, 5.74) is 2.79. The van der Waals surface area contributed by atoms with E-state index in [9.17, 15) is 10.1 Å². The van der Waals surface area contributed by atoms with Crippen LogP contribution >= 0.6 is 34.5 Å². The van der Waals surface area contributed by atoms with Crippen molar-refractivity contribution in [1.29, 1.82) is 5.26 Å². The number of rotatable bonds is 5. The average Bonchev–Trinajstić information content (AvgIpc) is 3.11. The third-order valence-electron chi connectivity index (χ3n) is 3.92. The predicted molar refractivity (Wildman–Crippen MR) is 115 cm³/mol. The van der Waals surface area contributed by atoms with Gasteiger partial charge in [-0.25, -0.2) is 4.98 Å². The quantitative estimate of drug-likeness (QED) is 0.407. The van der Waals surface area contributed by atoms with Gasteiger partial charge in [0, 0.05) is 17.5 Å². The smallest absolute Gasteiger partial charge is 0.268 e. The molecule has 140 valence electrons. The maximum Gasteiger partial charge on any atom is 0.268 e. The Kier molecular flexibility index (Phi) is 6.48. The lowest BCUT2D eigenvalue weighted by Gasteiger charge is -2.03. The third-order valence-corrected chi connectivity index (χ3v) is 5.69. The summed E-state index contributed by atoms with van der Waals surface area (Å²) in [5, 5.41) is 13.4. The Bertz CT molecular complexity index is 1080. The van der Waals surface area contributed by atoms with Gasteiger partial charge in [-0.2, -0.15) is 5.26 Å². The molecular weight excluding hydrogens is 413 g/mol. The molecule has 0 aliphatic rings. The lowest BCUT2D eigenvalue weighted by atomic mass is 10.1. The van der Waals surface area contributed by atoms with E-state index >= 15 is 0 Å². The molecule has 1 heterocycles. The van der Waals surface area contributed by atoms with Crippen molar-refractivity contribution >= 4 is 51.7 Å². The fraction of sp³-hybridized carbons (Fsp3) is 0.0952. The van der Waals surface area contributed by atoms with E-state index in [1.54, 1.807) is 18.3 Å². The van der Waals surface area contributed by atoms with Crippen molar-refractivity contribution in [3.8, 4) is 6.07 Å². The van der Waals surface area contributed by atoms with Crippen LogP contribution in [0.1, 0.15) is 21.6 Å². The maximum absolute atomic E-state index is 12.4. The van der Waals surface area contributed by atoms with E-state index in [1.807, 2.05) is 49.4 Å². The van der Waals surface area contributed by atoms with Gasteiger partial charge < -0.3 is 0 Å². The van der Waals surface area contributed by atoms with Crippen molar-refractivity contribution in [2.45, 2.75) is 13.3 Å². The SMILES string of the molecule is Cc1ccc(/C=C(\C#N)C(=O)Nc2ncc(Cc3cccc(Cl)c3Cl)s2)cc1. The topological polar surface area (TPSA) is 65.8 Å². The number of aryl methyl sites for hydroxylation is 1. The van der Waals surface area contributed by atoms with Crippen LogP contribution < -0.4 is 5.32 Å². The highest BCUT2D eigenvalue weighted by molar-refractivity contribution is 7.15. The van der Waals surface area contributed by atoms with Gasteiger partial charge in [-0.15, -0.1) is 11.3 Å². The van der Waals surface area contributed by atoms with Crippen LogP contribution in [0.15, 0.2) is 54.2 Å². The van der Waals surface area contributed by atoms with Crippen LogP contribution in [0.25, 0.3) is 6.08 Å². The fourth-order valence-corrected chi connectivity index (χ4v) is 3.68. The summed E-state index contributed by atoms with van der Waals surface area (Å²) in [7, 11) is 0. The monoisotopic (exact) mass is 427 g/mol. The Morgan fingerprint density at radius 2 is 2.00 bits per heavy atom. The number of carbonyl (C=O) groups excluding carboxylic acids is 1. The van der Waals surface area contributed by atoms with Crippen molar-refractivity contribution in [1.82, 2.24) is 4.98 Å². The summed E-state index contributed by atoms with van der Waals surface area (Å²) in [6.07, 6.45) is 3.78. The number of nitriles is 1. The second-order valence-corrected chi connectivity index (χ2v) is 7.96. The van der Waals surface area contributed by atoms with Gasteiger partial charge >= 0.3 is 0 Å². The van der Waals surface area contributed by atoms with Gasteiger partial charge in [-0.1, -0.05) is 65.2 Å². The first-order valence-electron chi connectivity index (χ1n) is 8.33. The van der Waals surface area contributed by atoms with E-state index in [0.29, 0.717) is 21.6 Å². The van der Waals surface area contributed by atoms with Crippen LogP contribution in [0.2, 0.25) is 10.0 Å². The molecule has 0 aliphatic carbocycles. The van der Waals surface area contributed by atoms with Crippen molar-refractivity contribution in [2.24, 2.45) is 0 Å². The zero-order valence-corrected chi connectivity index (χ0v) is 17.2. The highest BCUT2D eigenvalue weighted by Gasteiger charge is 2.13. The van der Waals surface area contributed by atoms with E-state index < -0.39 is 5.91 Å². The molecule has 0 saturated carbocycles. The molecule has 7 heteroatoms. The number of halogens is 2. The molecule has 0 radical (unpaired) electrons. The number of amides is 1. The highest BCUT2D eigenvalue weighted by Crippen LogP contribution is 2.29. The molecule has 0 atom stereocenters. The lowest BCUT2D eigenvalue weighted by Crippen LogP contribution is -2.13. The first-order chi connectivity index (χ1) is 13.5. The molecule has 1 aromatic heterocycles. The number of nitrogens with zero attached hydrogens (tertiary/aromatic N) is 2. The molecule has 0 unspecified atom stereocenters. The molecular formula is C21H15Cl2N3OS. The number of thiazole rings is 1. The Hall–Kier alpha value is -2.65. The lowest BCUT2D eigenvalue weighted by molar-refractivity contribution is -0.112. The van der Waals surface area contributed by atoms with Gasteiger partial charge in [0.25, 0.3) is 5.91 Å². The third kappa shape index (κ3) is 4.99. The van der Waals surface area contributed by atoms with Crippen LogP contribution in [-0.2, 0) is 11.2 Å². The maximum atomic E-state index is 12.4. The second kappa shape index (κ2) is 9.03. The Morgan fingerprint density at radius 1 is 1.25 bits per heavy atom. The van der Waals surface area contributed by atoms with Crippen molar-refractivity contribution in [3.05, 3.63) is 85.8 Å². The molecule has 1 N–H and O–H groups in total. The van der Waals surface area contributed by atoms with Crippen LogP contribution in [0.5, 0.6) is 0 Å². The molecule has 0 saturated heterocycles.